The van der Waals surface area contributed by atoms with Crippen molar-refractivity contribution in [1.29, 1.82) is 0 Å². The van der Waals surface area contributed by atoms with E-state index in [2.05, 4.69) is 45.2 Å². The van der Waals surface area contributed by atoms with E-state index in [1.165, 1.54) is 10.9 Å². The monoisotopic (exact) mass is 450 g/mol. The molecule has 1 aliphatic rings. The second-order valence-electron chi connectivity index (χ2n) is 8.43. The number of nitrogens with zero attached hydrogens (tertiary/aromatic N) is 4. The van der Waals surface area contributed by atoms with E-state index in [-0.39, 0.29) is 12.5 Å². The van der Waals surface area contributed by atoms with Gasteiger partial charge in [0.1, 0.15) is 12.4 Å². The van der Waals surface area contributed by atoms with Gasteiger partial charge in [0.25, 0.3) is 0 Å². The van der Waals surface area contributed by atoms with Crippen molar-refractivity contribution in [2.75, 3.05) is 51.3 Å². The van der Waals surface area contributed by atoms with Gasteiger partial charge in [0.2, 0.25) is 5.88 Å². The molecule has 2 aromatic heterocycles. The molecule has 0 unspecified atom stereocenters. The summed E-state index contributed by atoms with van der Waals surface area (Å²) in [6, 6.07) is 14.3. The Labute approximate surface area is 195 Å². The third-order valence-electron chi connectivity index (χ3n) is 6.26. The van der Waals surface area contributed by atoms with Crippen LogP contribution in [-0.4, -0.2) is 66.9 Å². The van der Waals surface area contributed by atoms with E-state index >= 15 is 0 Å². The molecule has 0 aliphatic carbocycles. The van der Waals surface area contributed by atoms with Gasteiger partial charge in [-0.1, -0.05) is 24.3 Å². The van der Waals surface area contributed by atoms with Crippen molar-refractivity contribution in [2.24, 2.45) is 0 Å². The van der Waals surface area contributed by atoms with Crippen molar-refractivity contribution in [3.63, 3.8) is 0 Å². The Kier molecular flexibility index (Phi) is 7.83. The van der Waals surface area contributed by atoms with E-state index in [4.69, 9.17) is 9.47 Å². The van der Waals surface area contributed by atoms with Crippen LogP contribution in [-0.2, 0) is 22.5 Å². The van der Waals surface area contributed by atoms with Crippen molar-refractivity contribution in [3.05, 3.63) is 54.2 Å². The van der Waals surface area contributed by atoms with Crippen LogP contribution in [0.2, 0.25) is 0 Å². The van der Waals surface area contributed by atoms with Crippen LogP contribution in [0.4, 0.5) is 5.82 Å². The number of unbranched alkanes of at least 4 members (excludes halogenated alkanes) is 1. The van der Waals surface area contributed by atoms with Crippen molar-refractivity contribution in [3.8, 4) is 5.88 Å². The first kappa shape index (κ1) is 23.1. The Morgan fingerprint density at radius 2 is 1.85 bits per heavy atom. The lowest BCUT2D eigenvalue weighted by molar-refractivity contribution is -0.143. The van der Waals surface area contributed by atoms with Crippen molar-refractivity contribution >= 4 is 22.7 Å². The summed E-state index contributed by atoms with van der Waals surface area (Å²) in [5.74, 6) is 1.47. The number of benzene rings is 1. The number of hydrogen-bond donors (Lipinski definition) is 0. The molecule has 0 bridgehead atoms. The summed E-state index contributed by atoms with van der Waals surface area (Å²) in [5, 5.41) is 1.24. The molecule has 0 saturated carbocycles. The number of aryl methyl sites for hydroxylation is 1. The Hall–Kier alpha value is -3.06. The number of carbonyl (C=O) groups is 1. The maximum Gasteiger partial charge on any atom is 0.325 e. The van der Waals surface area contributed by atoms with Gasteiger partial charge >= 0.3 is 5.97 Å². The van der Waals surface area contributed by atoms with E-state index in [1.807, 2.05) is 29.7 Å². The molecule has 7 nitrogen and oxygen atoms in total. The molecular weight excluding hydrogens is 416 g/mol. The largest absolute Gasteiger partial charge is 0.481 e. The zero-order valence-corrected chi connectivity index (χ0v) is 19.7. The molecule has 176 valence electrons. The first-order chi connectivity index (χ1) is 16.2. The highest BCUT2D eigenvalue weighted by atomic mass is 16.5. The zero-order valence-electron chi connectivity index (χ0n) is 19.7. The van der Waals surface area contributed by atoms with Gasteiger partial charge in [0.15, 0.2) is 0 Å². The average Bonchev–Trinajstić information content (AvgIpc) is 3.19. The fourth-order valence-corrected chi connectivity index (χ4v) is 4.54. The SMILES string of the molecule is CCOC(=O)Cn1cc(CCCCN2CCN(c3cccc(OC)n3)CC2)c2ccccc21. The van der Waals surface area contributed by atoms with Crippen molar-refractivity contribution in [1.82, 2.24) is 14.5 Å². The molecule has 7 heteroatoms. The molecule has 1 fully saturated rings. The van der Waals surface area contributed by atoms with Crippen molar-refractivity contribution in [2.45, 2.75) is 32.7 Å². The molecule has 1 aromatic carbocycles. The van der Waals surface area contributed by atoms with Crippen molar-refractivity contribution < 1.29 is 14.3 Å². The number of rotatable bonds is 10. The number of ether oxygens (including phenoxy) is 2. The Morgan fingerprint density at radius 1 is 1.03 bits per heavy atom. The van der Waals surface area contributed by atoms with Gasteiger partial charge in [-0.2, -0.15) is 4.98 Å². The smallest absolute Gasteiger partial charge is 0.325 e. The van der Waals surface area contributed by atoms with E-state index in [0.29, 0.717) is 12.5 Å². The topological polar surface area (TPSA) is 59.8 Å². The van der Waals surface area contributed by atoms with Gasteiger partial charge in [-0.05, 0) is 50.4 Å². The number of methoxy groups -OCH3 is 1. The molecule has 3 aromatic rings. The van der Waals surface area contributed by atoms with Crippen LogP contribution in [0.3, 0.4) is 0 Å². The van der Waals surface area contributed by atoms with Crippen LogP contribution in [0.1, 0.15) is 25.3 Å². The second kappa shape index (κ2) is 11.2. The molecule has 33 heavy (non-hydrogen) atoms. The van der Waals surface area contributed by atoms with E-state index in [9.17, 15) is 4.79 Å². The van der Waals surface area contributed by atoms with Crippen LogP contribution >= 0.6 is 0 Å². The summed E-state index contributed by atoms with van der Waals surface area (Å²) in [6.45, 7) is 7.71. The fourth-order valence-electron chi connectivity index (χ4n) is 4.54. The first-order valence-electron chi connectivity index (χ1n) is 11.9. The van der Waals surface area contributed by atoms with Gasteiger partial charge in [0, 0.05) is 49.3 Å². The van der Waals surface area contributed by atoms with Gasteiger partial charge in [-0.25, -0.2) is 0 Å². The molecule has 0 spiro atoms. The number of carbonyl (C=O) groups excluding carboxylic acids is 1. The van der Waals surface area contributed by atoms with Gasteiger partial charge < -0.3 is 18.9 Å². The normalized spacial score (nSPS) is 14.5. The predicted octanol–water partition coefficient (Wildman–Crippen LogP) is 3.75. The minimum atomic E-state index is -0.187. The molecule has 4 rings (SSSR count). The zero-order chi connectivity index (χ0) is 23.0. The number of aromatic nitrogens is 2. The summed E-state index contributed by atoms with van der Waals surface area (Å²) in [6.07, 6.45) is 5.44. The Bertz CT molecular complexity index is 1060. The summed E-state index contributed by atoms with van der Waals surface area (Å²) in [4.78, 5) is 21.4. The number of piperazine rings is 1. The van der Waals surface area contributed by atoms with E-state index in [1.54, 1.807) is 7.11 Å². The Balaban J connectivity index is 1.25. The molecule has 1 aliphatic heterocycles. The first-order valence-corrected chi connectivity index (χ1v) is 11.9. The summed E-state index contributed by atoms with van der Waals surface area (Å²) < 4.78 is 12.4. The second-order valence-corrected chi connectivity index (χ2v) is 8.43. The van der Waals surface area contributed by atoms with Crippen LogP contribution in [0, 0.1) is 0 Å². The third kappa shape index (κ3) is 5.85. The average molecular weight is 451 g/mol. The highest BCUT2D eigenvalue weighted by Gasteiger charge is 2.18. The number of esters is 1. The quantitative estimate of drug-likeness (QED) is 0.346. The van der Waals surface area contributed by atoms with E-state index in [0.717, 1.165) is 63.3 Å². The van der Waals surface area contributed by atoms with Gasteiger partial charge in [-0.3, -0.25) is 9.69 Å². The maximum atomic E-state index is 12.0. The lowest BCUT2D eigenvalue weighted by Gasteiger charge is -2.35. The number of para-hydroxylation sites is 1. The summed E-state index contributed by atoms with van der Waals surface area (Å²) >= 11 is 0. The van der Waals surface area contributed by atoms with Crippen LogP contribution in [0.15, 0.2) is 48.7 Å². The minimum absolute atomic E-state index is 0.187. The number of anilines is 1. The molecule has 0 N–H and O–H groups in total. The highest BCUT2D eigenvalue weighted by Crippen LogP contribution is 2.23. The lowest BCUT2D eigenvalue weighted by Crippen LogP contribution is -2.46. The van der Waals surface area contributed by atoms with Crippen LogP contribution in [0.5, 0.6) is 5.88 Å². The lowest BCUT2D eigenvalue weighted by atomic mass is 10.1. The molecular formula is C26H34N4O3. The predicted molar refractivity (Wildman–Crippen MR) is 131 cm³/mol. The summed E-state index contributed by atoms with van der Waals surface area (Å²) in [7, 11) is 1.65. The minimum Gasteiger partial charge on any atom is -0.481 e. The van der Waals surface area contributed by atoms with Crippen LogP contribution in [0.25, 0.3) is 10.9 Å². The number of fused-ring (bicyclic) bond motifs is 1. The molecule has 1 saturated heterocycles. The standard InChI is InChI=1S/C26H34N4O3/c1-3-33-26(31)20-30-19-21(22-10-4-5-11-23(22)30)9-6-7-14-28-15-17-29(18-16-28)24-12-8-13-25(27-24)32-2/h4-5,8,10-13,19H,3,6-7,9,14-18,20H2,1-2H3. The number of pyridine rings is 1. The molecule has 0 atom stereocenters. The van der Waals surface area contributed by atoms with Crippen LogP contribution < -0.4 is 9.64 Å². The van der Waals surface area contributed by atoms with E-state index < -0.39 is 0 Å². The number of hydrogen-bond acceptors (Lipinski definition) is 6. The Morgan fingerprint density at radius 3 is 2.64 bits per heavy atom. The third-order valence-corrected chi connectivity index (χ3v) is 6.26. The molecule has 0 amide bonds. The fraction of sp³-hybridized carbons (Fsp3) is 0.462. The maximum absolute atomic E-state index is 12.0. The molecule has 3 heterocycles. The van der Waals surface area contributed by atoms with Gasteiger partial charge in [0.05, 0.1) is 13.7 Å². The molecule has 0 radical (unpaired) electrons. The summed E-state index contributed by atoms with van der Waals surface area (Å²) in [5.41, 5.74) is 2.41. The van der Waals surface area contributed by atoms with Gasteiger partial charge in [-0.15, -0.1) is 0 Å². The highest BCUT2D eigenvalue weighted by molar-refractivity contribution is 5.85.